The van der Waals surface area contributed by atoms with Crippen molar-refractivity contribution in [1.82, 2.24) is 25.2 Å². The van der Waals surface area contributed by atoms with Crippen LogP contribution in [0.4, 0.5) is 0 Å². The fourth-order valence-electron chi connectivity index (χ4n) is 2.99. The monoisotopic (exact) mass is 398 g/mol. The van der Waals surface area contributed by atoms with Crippen molar-refractivity contribution in [2.24, 2.45) is 4.99 Å². The average Bonchev–Trinajstić information content (AvgIpc) is 3.14. The molecule has 3 aromatic rings. The molecule has 2 atom stereocenters. The molecule has 9 heteroatoms. The SMILES string of the molecule is COc1nc(C2=N[C@@H](c3cccc(Cl)c3)[C@@H](C)ON2)ccc1-n1cnc(C)n1. The number of aryl methyl sites for hydroxylation is 1. The van der Waals surface area contributed by atoms with Gasteiger partial charge in [0, 0.05) is 5.02 Å². The van der Waals surface area contributed by atoms with E-state index >= 15 is 0 Å². The number of amidine groups is 1. The molecule has 144 valence electrons. The van der Waals surface area contributed by atoms with Crippen LogP contribution in [0.25, 0.3) is 5.69 Å². The summed E-state index contributed by atoms with van der Waals surface area (Å²) in [5.41, 5.74) is 5.13. The number of ether oxygens (including phenoxy) is 1. The second-order valence-electron chi connectivity index (χ2n) is 6.36. The number of aromatic nitrogens is 4. The van der Waals surface area contributed by atoms with Crippen molar-refractivity contribution >= 4 is 17.4 Å². The molecular formula is C19H19ClN6O2. The van der Waals surface area contributed by atoms with Crippen LogP contribution in [0.15, 0.2) is 47.7 Å². The molecule has 0 unspecified atom stereocenters. The summed E-state index contributed by atoms with van der Waals surface area (Å²) in [7, 11) is 1.56. The fraction of sp³-hybridized carbons (Fsp3) is 0.263. The third-order valence-electron chi connectivity index (χ3n) is 4.37. The number of hydroxylamine groups is 1. The zero-order valence-corrected chi connectivity index (χ0v) is 16.4. The van der Waals surface area contributed by atoms with Crippen LogP contribution in [0, 0.1) is 6.92 Å². The molecule has 0 amide bonds. The number of rotatable bonds is 4. The Kier molecular flexibility index (Phi) is 4.97. The number of hydrogen-bond acceptors (Lipinski definition) is 7. The van der Waals surface area contributed by atoms with Gasteiger partial charge in [-0.05, 0) is 43.7 Å². The van der Waals surface area contributed by atoms with Gasteiger partial charge < -0.3 is 4.74 Å². The molecule has 0 aliphatic carbocycles. The van der Waals surface area contributed by atoms with E-state index in [9.17, 15) is 0 Å². The summed E-state index contributed by atoms with van der Waals surface area (Å²) in [4.78, 5) is 19.2. The Balaban J connectivity index is 1.70. The molecule has 8 nitrogen and oxygen atoms in total. The molecule has 0 saturated heterocycles. The largest absolute Gasteiger partial charge is 0.479 e. The minimum absolute atomic E-state index is 0.165. The first kappa shape index (κ1) is 18.4. The first-order valence-corrected chi connectivity index (χ1v) is 9.12. The van der Waals surface area contributed by atoms with Crippen molar-refractivity contribution < 1.29 is 9.57 Å². The Bertz CT molecular complexity index is 1030. The van der Waals surface area contributed by atoms with Crippen molar-refractivity contribution in [3.63, 3.8) is 0 Å². The van der Waals surface area contributed by atoms with Gasteiger partial charge in [-0.25, -0.2) is 20.1 Å². The summed E-state index contributed by atoms with van der Waals surface area (Å²) >= 11 is 6.13. The lowest BCUT2D eigenvalue weighted by molar-refractivity contribution is -0.00478. The first-order chi connectivity index (χ1) is 13.5. The minimum Gasteiger partial charge on any atom is -0.479 e. The number of nitrogens with one attached hydrogen (secondary N) is 1. The summed E-state index contributed by atoms with van der Waals surface area (Å²) < 4.78 is 7.07. The highest BCUT2D eigenvalue weighted by atomic mass is 35.5. The Morgan fingerprint density at radius 2 is 2.11 bits per heavy atom. The lowest BCUT2D eigenvalue weighted by Crippen LogP contribution is -2.38. The third-order valence-corrected chi connectivity index (χ3v) is 4.61. The molecule has 4 rings (SSSR count). The van der Waals surface area contributed by atoms with Gasteiger partial charge >= 0.3 is 0 Å². The molecule has 0 fully saturated rings. The van der Waals surface area contributed by atoms with Gasteiger partial charge in [0.1, 0.15) is 35.7 Å². The molecule has 28 heavy (non-hydrogen) atoms. The van der Waals surface area contributed by atoms with Crippen LogP contribution in [0.3, 0.4) is 0 Å². The standard InChI is InChI=1S/C19H19ClN6O2/c1-11-17(13-5-4-6-14(20)9-13)23-18(25-28-11)15-7-8-16(19(22-15)27-3)26-10-21-12(2)24-26/h4-11,17H,1-3H3,(H,23,25)/t11-,17-/m1/s1. The Labute approximate surface area is 167 Å². The van der Waals surface area contributed by atoms with Crippen LogP contribution in [0.1, 0.15) is 30.0 Å². The molecule has 0 saturated carbocycles. The lowest BCUT2D eigenvalue weighted by atomic mass is 10.0. The summed E-state index contributed by atoms with van der Waals surface area (Å²) in [5.74, 6) is 1.59. The van der Waals surface area contributed by atoms with Crippen LogP contribution in [0.2, 0.25) is 5.02 Å². The number of halogens is 1. The van der Waals surface area contributed by atoms with Crippen molar-refractivity contribution in [3.05, 3.63) is 64.8 Å². The van der Waals surface area contributed by atoms with Crippen molar-refractivity contribution in [3.8, 4) is 11.6 Å². The predicted octanol–water partition coefficient (Wildman–Crippen LogP) is 3.04. The fourth-order valence-corrected chi connectivity index (χ4v) is 3.19. The summed E-state index contributed by atoms with van der Waals surface area (Å²) in [6.45, 7) is 3.77. The number of hydrogen-bond donors (Lipinski definition) is 1. The van der Waals surface area contributed by atoms with Gasteiger partial charge in [0.15, 0.2) is 5.84 Å². The van der Waals surface area contributed by atoms with E-state index in [-0.39, 0.29) is 12.1 Å². The second kappa shape index (κ2) is 7.57. The molecule has 1 aliphatic rings. The van der Waals surface area contributed by atoms with E-state index in [1.165, 1.54) is 0 Å². The van der Waals surface area contributed by atoms with Crippen molar-refractivity contribution in [2.45, 2.75) is 26.0 Å². The molecule has 0 spiro atoms. The van der Waals surface area contributed by atoms with E-state index in [1.54, 1.807) is 18.1 Å². The van der Waals surface area contributed by atoms with Crippen LogP contribution < -0.4 is 10.2 Å². The average molecular weight is 399 g/mol. The summed E-state index contributed by atoms with van der Waals surface area (Å²) in [6.07, 6.45) is 1.45. The highest BCUT2D eigenvalue weighted by Crippen LogP contribution is 2.29. The highest BCUT2D eigenvalue weighted by molar-refractivity contribution is 6.30. The predicted molar refractivity (Wildman–Crippen MR) is 105 cm³/mol. The number of nitrogens with zero attached hydrogens (tertiary/aromatic N) is 5. The van der Waals surface area contributed by atoms with E-state index < -0.39 is 0 Å². The van der Waals surface area contributed by atoms with Gasteiger partial charge in [0.2, 0.25) is 5.88 Å². The summed E-state index contributed by atoms with van der Waals surface area (Å²) in [5, 5.41) is 4.96. The van der Waals surface area contributed by atoms with Gasteiger partial charge in [-0.3, -0.25) is 9.83 Å². The van der Waals surface area contributed by atoms with E-state index in [4.69, 9.17) is 26.2 Å². The molecule has 0 radical (unpaired) electrons. The van der Waals surface area contributed by atoms with Gasteiger partial charge in [0.05, 0.1) is 7.11 Å². The lowest BCUT2D eigenvalue weighted by Gasteiger charge is -2.28. The van der Waals surface area contributed by atoms with Gasteiger partial charge in [-0.1, -0.05) is 23.7 Å². The normalized spacial score (nSPS) is 19.1. The second-order valence-corrected chi connectivity index (χ2v) is 6.80. The maximum absolute atomic E-state index is 6.13. The molecule has 1 aliphatic heterocycles. The molecular weight excluding hydrogens is 380 g/mol. The Morgan fingerprint density at radius 1 is 1.25 bits per heavy atom. The molecule has 3 heterocycles. The highest BCUT2D eigenvalue weighted by Gasteiger charge is 2.27. The molecule has 1 aromatic carbocycles. The third kappa shape index (κ3) is 3.56. The van der Waals surface area contributed by atoms with E-state index in [0.29, 0.717) is 33.9 Å². The van der Waals surface area contributed by atoms with Gasteiger partial charge in [-0.2, -0.15) is 5.10 Å². The number of aliphatic imine (C=N–C) groups is 1. The number of benzene rings is 1. The van der Waals surface area contributed by atoms with E-state index in [1.807, 2.05) is 50.2 Å². The van der Waals surface area contributed by atoms with Crippen molar-refractivity contribution in [2.75, 3.05) is 7.11 Å². The molecule has 1 N–H and O–H groups in total. The maximum Gasteiger partial charge on any atom is 0.240 e. The van der Waals surface area contributed by atoms with Crippen LogP contribution in [0.5, 0.6) is 5.88 Å². The minimum atomic E-state index is -0.208. The molecule has 2 aromatic heterocycles. The number of pyridine rings is 1. The maximum atomic E-state index is 6.13. The Hall–Kier alpha value is -2.97. The van der Waals surface area contributed by atoms with Crippen LogP contribution in [-0.2, 0) is 4.84 Å². The van der Waals surface area contributed by atoms with E-state index in [0.717, 1.165) is 5.56 Å². The number of methoxy groups -OCH3 is 1. The van der Waals surface area contributed by atoms with Gasteiger partial charge in [-0.15, -0.1) is 0 Å². The Morgan fingerprint density at radius 3 is 2.82 bits per heavy atom. The summed E-state index contributed by atoms with van der Waals surface area (Å²) in [6, 6.07) is 11.1. The quantitative estimate of drug-likeness (QED) is 0.726. The molecule has 0 bridgehead atoms. The van der Waals surface area contributed by atoms with E-state index in [2.05, 4.69) is 20.5 Å². The smallest absolute Gasteiger partial charge is 0.240 e. The van der Waals surface area contributed by atoms with Gasteiger partial charge in [0.25, 0.3) is 0 Å². The van der Waals surface area contributed by atoms with Crippen molar-refractivity contribution in [1.29, 1.82) is 0 Å². The zero-order valence-electron chi connectivity index (χ0n) is 15.6. The van der Waals surface area contributed by atoms with Crippen LogP contribution >= 0.6 is 11.6 Å². The zero-order chi connectivity index (χ0) is 19.7. The topological polar surface area (TPSA) is 86.5 Å². The van der Waals surface area contributed by atoms with Crippen LogP contribution in [-0.4, -0.2) is 38.8 Å². The first-order valence-electron chi connectivity index (χ1n) is 8.74.